The van der Waals surface area contributed by atoms with Crippen LogP contribution in [0.5, 0.6) is 0 Å². The fourth-order valence-corrected chi connectivity index (χ4v) is 1.36. The first-order chi connectivity index (χ1) is 8.09. The molecule has 0 saturated heterocycles. The van der Waals surface area contributed by atoms with E-state index in [1.54, 1.807) is 0 Å². The number of carbonyl (C=O) groups is 1. The van der Waals surface area contributed by atoms with Crippen LogP contribution in [-0.4, -0.2) is 16.1 Å². The Morgan fingerprint density at radius 1 is 1.29 bits per heavy atom. The van der Waals surface area contributed by atoms with Crippen LogP contribution in [0.2, 0.25) is 0 Å². The summed E-state index contributed by atoms with van der Waals surface area (Å²) in [7, 11) is 0. The highest BCUT2D eigenvalue weighted by Crippen LogP contribution is 2.13. The van der Waals surface area contributed by atoms with Gasteiger partial charge in [0.1, 0.15) is 12.0 Å². The van der Waals surface area contributed by atoms with Gasteiger partial charge in [-0.3, -0.25) is 0 Å². The lowest BCUT2D eigenvalue weighted by atomic mass is 10.2. The van der Waals surface area contributed by atoms with Gasteiger partial charge >= 0.3 is 11.8 Å². The van der Waals surface area contributed by atoms with Gasteiger partial charge in [0.15, 0.2) is 0 Å². The van der Waals surface area contributed by atoms with Gasteiger partial charge in [-0.1, -0.05) is 0 Å². The van der Waals surface area contributed by atoms with E-state index in [-0.39, 0.29) is 10.6 Å². The molecule has 5 nitrogen and oxygen atoms in total. The summed E-state index contributed by atoms with van der Waals surface area (Å²) in [4.78, 5) is 14.5. The Hall–Kier alpha value is -2.50. The van der Waals surface area contributed by atoms with Crippen LogP contribution in [0.1, 0.15) is 10.5 Å². The summed E-state index contributed by atoms with van der Waals surface area (Å²) in [6.45, 7) is 0. The van der Waals surface area contributed by atoms with E-state index in [1.807, 2.05) is 0 Å². The van der Waals surface area contributed by atoms with Gasteiger partial charge in [0.05, 0.1) is 5.56 Å². The SMILES string of the molecule is O=C(O)c1ccnc(-c2ccc(F)cc2)[n+]1[O-]. The maximum Gasteiger partial charge on any atom is 0.376 e. The number of benzene rings is 1. The van der Waals surface area contributed by atoms with Crippen molar-refractivity contribution in [1.82, 2.24) is 4.98 Å². The highest BCUT2D eigenvalue weighted by atomic mass is 19.1. The van der Waals surface area contributed by atoms with Crippen LogP contribution in [0.3, 0.4) is 0 Å². The first-order valence-electron chi connectivity index (χ1n) is 4.67. The number of halogens is 1. The largest absolute Gasteiger partial charge is 0.710 e. The number of carboxylic acid groups (broad SMARTS) is 1. The van der Waals surface area contributed by atoms with Crippen LogP contribution in [0.4, 0.5) is 4.39 Å². The Morgan fingerprint density at radius 3 is 2.53 bits per heavy atom. The molecule has 6 heteroatoms. The summed E-state index contributed by atoms with van der Waals surface area (Å²) in [5, 5.41) is 20.4. The number of rotatable bonds is 2. The van der Waals surface area contributed by atoms with E-state index in [1.165, 1.54) is 30.5 Å². The van der Waals surface area contributed by atoms with Crippen molar-refractivity contribution in [2.75, 3.05) is 0 Å². The highest BCUT2D eigenvalue weighted by Gasteiger charge is 2.17. The zero-order chi connectivity index (χ0) is 12.4. The fraction of sp³-hybridized carbons (Fsp3) is 0. The molecule has 0 unspecified atom stereocenters. The third kappa shape index (κ3) is 2.05. The topological polar surface area (TPSA) is 77.1 Å². The molecule has 2 rings (SSSR count). The summed E-state index contributed by atoms with van der Waals surface area (Å²) in [6, 6.07) is 6.16. The summed E-state index contributed by atoms with van der Waals surface area (Å²) >= 11 is 0. The molecule has 0 aliphatic heterocycles. The molecule has 2 aromatic rings. The minimum atomic E-state index is -1.34. The Bertz CT molecular complexity index is 569. The molecule has 1 aromatic heterocycles. The molecule has 0 bridgehead atoms. The minimum absolute atomic E-state index is 0.0788. The quantitative estimate of drug-likeness (QED) is 0.626. The number of hydrogen-bond donors (Lipinski definition) is 1. The lowest BCUT2D eigenvalue weighted by molar-refractivity contribution is -0.599. The van der Waals surface area contributed by atoms with Crippen molar-refractivity contribution >= 4 is 5.97 Å². The molecule has 86 valence electrons. The van der Waals surface area contributed by atoms with Gasteiger partial charge in [0, 0.05) is 6.07 Å². The molecule has 0 saturated carbocycles. The van der Waals surface area contributed by atoms with Crippen LogP contribution in [0, 0.1) is 11.0 Å². The number of aromatic nitrogens is 2. The van der Waals surface area contributed by atoms with E-state index in [0.717, 1.165) is 6.07 Å². The zero-order valence-corrected chi connectivity index (χ0v) is 8.50. The second kappa shape index (κ2) is 4.17. The summed E-state index contributed by atoms with van der Waals surface area (Å²) in [5.74, 6) is -1.86. The maximum atomic E-state index is 12.7. The second-order valence-electron chi connectivity index (χ2n) is 3.26. The van der Waals surface area contributed by atoms with Crippen molar-refractivity contribution in [3.05, 3.63) is 53.2 Å². The number of hydrogen-bond acceptors (Lipinski definition) is 3. The molecule has 0 spiro atoms. The molecule has 0 amide bonds. The predicted molar refractivity (Wildman–Crippen MR) is 55.6 cm³/mol. The van der Waals surface area contributed by atoms with Gasteiger partial charge in [-0.2, -0.15) is 0 Å². The van der Waals surface area contributed by atoms with Crippen molar-refractivity contribution in [3.63, 3.8) is 0 Å². The van der Waals surface area contributed by atoms with Crippen LogP contribution >= 0.6 is 0 Å². The highest BCUT2D eigenvalue weighted by molar-refractivity contribution is 5.83. The average molecular weight is 234 g/mol. The third-order valence-corrected chi connectivity index (χ3v) is 2.16. The van der Waals surface area contributed by atoms with Gasteiger partial charge in [-0.15, -0.1) is 0 Å². The molecule has 0 fully saturated rings. The monoisotopic (exact) mass is 234 g/mol. The fourth-order valence-electron chi connectivity index (χ4n) is 1.36. The predicted octanol–water partition coefficient (Wildman–Crippen LogP) is 1.22. The minimum Gasteiger partial charge on any atom is -0.710 e. The van der Waals surface area contributed by atoms with Crippen molar-refractivity contribution in [1.29, 1.82) is 0 Å². The smallest absolute Gasteiger partial charge is 0.376 e. The van der Waals surface area contributed by atoms with Gasteiger partial charge in [-0.05, 0) is 29.2 Å². The molecule has 1 aromatic carbocycles. The number of nitrogens with zero attached hydrogens (tertiary/aromatic N) is 2. The molecule has 0 atom stereocenters. The molecule has 1 N–H and O–H groups in total. The molecule has 0 radical (unpaired) electrons. The van der Waals surface area contributed by atoms with Crippen LogP contribution < -0.4 is 4.73 Å². The van der Waals surface area contributed by atoms with Crippen molar-refractivity contribution in [3.8, 4) is 11.4 Å². The van der Waals surface area contributed by atoms with Crippen LogP contribution in [-0.2, 0) is 0 Å². The molecular formula is C11H7FN2O3. The standard InChI is InChI=1S/C11H7FN2O3/c12-8-3-1-7(2-4-8)10-13-6-5-9(11(15)16)14(10)17/h1-6H,(H,15,16). The van der Waals surface area contributed by atoms with E-state index in [0.29, 0.717) is 5.56 Å². The summed E-state index contributed by atoms with van der Waals surface area (Å²) in [5.41, 5.74) is -0.0798. The van der Waals surface area contributed by atoms with Crippen molar-refractivity contribution in [2.24, 2.45) is 0 Å². The maximum absolute atomic E-state index is 12.7. The molecule has 17 heavy (non-hydrogen) atoms. The zero-order valence-electron chi connectivity index (χ0n) is 8.50. The first kappa shape index (κ1) is 11.0. The average Bonchev–Trinajstić information content (AvgIpc) is 2.30. The van der Waals surface area contributed by atoms with E-state index < -0.39 is 17.5 Å². The van der Waals surface area contributed by atoms with Gasteiger partial charge < -0.3 is 10.3 Å². The number of aromatic carboxylic acids is 1. The Kier molecular flexibility index (Phi) is 2.70. The summed E-state index contributed by atoms with van der Waals surface area (Å²) in [6.07, 6.45) is 1.22. The van der Waals surface area contributed by atoms with Crippen LogP contribution in [0.25, 0.3) is 11.4 Å². The van der Waals surface area contributed by atoms with E-state index in [2.05, 4.69) is 4.98 Å². The van der Waals surface area contributed by atoms with Crippen molar-refractivity contribution < 1.29 is 19.0 Å². The first-order valence-corrected chi connectivity index (χ1v) is 4.67. The van der Waals surface area contributed by atoms with Gasteiger partial charge in [0.2, 0.25) is 5.69 Å². The summed E-state index contributed by atoms with van der Waals surface area (Å²) < 4.78 is 12.9. The second-order valence-corrected chi connectivity index (χ2v) is 3.26. The lowest BCUT2D eigenvalue weighted by Gasteiger charge is -2.08. The Labute approximate surface area is 95.4 Å². The van der Waals surface area contributed by atoms with Gasteiger partial charge in [-0.25, -0.2) is 13.9 Å². The molecule has 1 heterocycles. The van der Waals surface area contributed by atoms with Gasteiger partial charge in [0.25, 0.3) is 0 Å². The van der Waals surface area contributed by atoms with Crippen molar-refractivity contribution in [2.45, 2.75) is 0 Å². The number of carboxylic acids is 1. The molecular weight excluding hydrogens is 227 g/mol. The normalized spacial score (nSPS) is 10.2. The van der Waals surface area contributed by atoms with E-state index >= 15 is 0 Å². The Morgan fingerprint density at radius 2 is 1.94 bits per heavy atom. The van der Waals surface area contributed by atoms with E-state index in [4.69, 9.17) is 5.11 Å². The Balaban J connectivity index is 2.56. The van der Waals surface area contributed by atoms with E-state index in [9.17, 15) is 14.4 Å². The third-order valence-electron chi connectivity index (χ3n) is 2.16. The molecule has 0 aliphatic rings. The molecule has 0 aliphatic carbocycles. The lowest BCUT2D eigenvalue weighted by Crippen LogP contribution is -2.37. The van der Waals surface area contributed by atoms with Crippen LogP contribution in [0.15, 0.2) is 36.5 Å².